The number of benzene rings is 2. The van der Waals surface area contributed by atoms with Crippen molar-refractivity contribution < 1.29 is 28.9 Å². The van der Waals surface area contributed by atoms with Crippen molar-refractivity contribution in [3.8, 4) is 11.5 Å². The van der Waals surface area contributed by atoms with Crippen LogP contribution >= 0.6 is 0 Å². The normalized spacial score (nSPS) is 17.5. The number of aliphatic hydroxyl groups is 1. The van der Waals surface area contributed by atoms with Crippen LogP contribution in [0.5, 0.6) is 11.5 Å². The Morgan fingerprint density at radius 2 is 1.94 bits per heavy atom. The lowest BCUT2D eigenvalue weighted by atomic mass is 9.93. The van der Waals surface area contributed by atoms with Crippen LogP contribution < -0.4 is 9.47 Å². The molecular weight excluding hydrogens is 410 g/mol. The first-order chi connectivity index (χ1) is 15.4. The van der Waals surface area contributed by atoms with E-state index in [1.54, 1.807) is 62.6 Å². The number of rotatable bonds is 9. The van der Waals surface area contributed by atoms with Crippen LogP contribution in [0.4, 0.5) is 0 Å². The van der Waals surface area contributed by atoms with Gasteiger partial charge in [-0.1, -0.05) is 24.8 Å². The average Bonchev–Trinajstić information content (AvgIpc) is 3.05. The molecule has 168 valence electrons. The Balaban J connectivity index is 2.16. The molecule has 2 aromatic rings. The van der Waals surface area contributed by atoms with E-state index in [4.69, 9.17) is 14.2 Å². The molecule has 1 aliphatic heterocycles. The molecule has 32 heavy (non-hydrogen) atoms. The first-order valence-corrected chi connectivity index (χ1v) is 10.2. The quantitative estimate of drug-likeness (QED) is 0.279. The predicted octanol–water partition coefficient (Wildman–Crippen LogP) is 3.64. The van der Waals surface area contributed by atoms with Gasteiger partial charge in [-0.2, -0.15) is 0 Å². The molecule has 0 aliphatic carbocycles. The van der Waals surface area contributed by atoms with Crippen molar-refractivity contribution in [1.29, 1.82) is 0 Å². The standard InChI is InChI=1S/C25H27NO6/c1-5-12-32-19-8-6-7-17(15-19)22-21(24(28)25(29)26(22)11-13-30-3)23(27)20-10-9-18(31-4)14-16(20)2/h5-10,14-15,22,27H,1,11-13H2,2-4H3/b23-21+. The van der Waals surface area contributed by atoms with Crippen molar-refractivity contribution in [2.24, 2.45) is 0 Å². The highest BCUT2D eigenvalue weighted by molar-refractivity contribution is 6.46. The summed E-state index contributed by atoms with van der Waals surface area (Å²) in [6.07, 6.45) is 1.63. The molecule has 0 aromatic heterocycles. The predicted molar refractivity (Wildman–Crippen MR) is 121 cm³/mol. The highest BCUT2D eigenvalue weighted by atomic mass is 16.5. The van der Waals surface area contributed by atoms with Crippen LogP contribution in [-0.2, 0) is 14.3 Å². The molecule has 0 radical (unpaired) electrons. The van der Waals surface area contributed by atoms with E-state index >= 15 is 0 Å². The van der Waals surface area contributed by atoms with E-state index in [0.717, 1.165) is 0 Å². The summed E-state index contributed by atoms with van der Waals surface area (Å²) in [7, 11) is 3.08. The molecule has 1 unspecified atom stereocenters. The number of Topliss-reactive ketones (excluding diaryl/α,β-unsaturated/α-hetero) is 1. The number of carbonyl (C=O) groups is 2. The maximum Gasteiger partial charge on any atom is 0.295 e. The zero-order valence-corrected chi connectivity index (χ0v) is 18.5. The van der Waals surface area contributed by atoms with Gasteiger partial charge in [-0.3, -0.25) is 9.59 Å². The number of aryl methyl sites for hydroxylation is 1. The summed E-state index contributed by atoms with van der Waals surface area (Å²) < 4.78 is 16.0. The van der Waals surface area contributed by atoms with Crippen LogP contribution in [-0.4, -0.2) is 55.7 Å². The van der Waals surface area contributed by atoms with Crippen molar-refractivity contribution >= 4 is 17.4 Å². The number of hydrogen-bond acceptors (Lipinski definition) is 6. The highest BCUT2D eigenvalue weighted by Crippen LogP contribution is 2.40. The van der Waals surface area contributed by atoms with E-state index in [9.17, 15) is 14.7 Å². The minimum Gasteiger partial charge on any atom is -0.507 e. The first-order valence-electron chi connectivity index (χ1n) is 10.2. The van der Waals surface area contributed by atoms with Crippen LogP contribution in [0.2, 0.25) is 0 Å². The second-order valence-corrected chi connectivity index (χ2v) is 7.34. The average molecular weight is 437 g/mol. The van der Waals surface area contributed by atoms with E-state index in [-0.39, 0.29) is 24.5 Å². The van der Waals surface area contributed by atoms with E-state index < -0.39 is 17.7 Å². The number of ketones is 1. The number of nitrogens with zero attached hydrogens (tertiary/aromatic N) is 1. The zero-order chi connectivity index (χ0) is 23.3. The molecule has 1 atom stereocenters. The van der Waals surface area contributed by atoms with Crippen LogP contribution in [0.1, 0.15) is 22.7 Å². The Morgan fingerprint density at radius 1 is 1.16 bits per heavy atom. The third-order valence-corrected chi connectivity index (χ3v) is 5.31. The summed E-state index contributed by atoms with van der Waals surface area (Å²) in [4.78, 5) is 27.4. The number of ether oxygens (including phenoxy) is 3. The fraction of sp³-hybridized carbons (Fsp3) is 0.280. The first kappa shape index (κ1) is 23.1. The number of amides is 1. The zero-order valence-electron chi connectivity index (χ0n) is 18.5. The van der Waals surface area contributed by atoms with Gasteiger partial charge in [0.05, 0.1) is 25.3 Å². The van der Waals surface area contributed by atoms with Crippen molar-refractivity contribution in [1.82, 2.24) is 4.90 Å². The molecule has 1 aliphatic rings. The Morgan fingerprint density at radius 3 is 2.59 bits per heavy atom. The molecule has 1 heterocycles. The Labute approximate surface area is 187 Å². The highest BCUT2D eigenvalue weighted by Gasteiger charge is 2.46. The molecule has 0 bridgehead atoms. The molecule has 0 saturated carbocycles. The Hall–Kier alpha value is -3.58. The summed E-state index contributed by atoms with van der Waals surface area (Å²) in [5, 5.41) is 11.2. The Kier molecular flexibility index (Phi) is 7.33. The molecule has 1 N–H and O–H groups in total. The number of aliphatic hydroxyl groups excluding tert-OH is 1. The van der Waals surface area contributed by atoms with Crippen LogP contribution in [0.15, 0.2) is 60.7 Å². The lowest BCUT2D eigenvalue weighted by Crippen LogP contribution is -2.32. The SMILES string of the molecule is C=CCOc1cccc(C2/C(=C(\O)c3ccc(OC)cc3C)C(=O)C(=O)N2CCOC)c1. The Bertz CT molecular complexity index is 1060. The summed E-state index contributed by atoms with van der Waals surface area (Å²) >= 11 is 0. The molecule has 2 aromatic carbocycles. The molecule has 7 heteroatoms. The summed E-state index contributed by atoms with van der Waals surface area (Å²) in [5.74, 6) is -0.456. The van der Waals surface area contributed by atoms with Crippen molar-refractivity contribution in [2.45, 2.75) is 13.0 Å². The third kappa shape index (κ3) is 4.53. The summed E-state index contributed by atoms with van der Waals surface area (Å²) in [6, 6.07) is 11.5. The van der Waals surface area contributed by atoms with Gasteiger partial charge in [-0.15, -0.1) is 0 Å². The van der Waals surface area contributed by atoms with Crippen molar-refractivity contribution in [3.05, 3.63) is 77.4 Å². The summed E-state index contributed by atoms with van der Waals surface area (Å²) in [5.41, 5.74) is 1.85. The maximum atomic E-state index is 13.0. The smallest absolute Gasteiger partial charge is 0.295 e. The number of carbonyl (C=O) groups excluding carboxylic acids is 2. The molecule has 7 nitrogen and oxygen atoms in total. The fourth-order valence-electron chi connectivity index (χ4n) is 3.75. The van der Waals surface area contributed by atoms with Gasteiger partial charge in [-0.25, -0.2) is 0 Å². The fourth-order valence-corrected chi connectivity index (χ4v) is 3.75. The number of methoxy groups -OCH3 is 2. The van der Waals surface area contributed by atoms with Crippen LogP contribution in [0.3, 0.4) is 0 Å². The topological polar surface area (TPSA) is 85.3 Å². The molecule has 1 saturated heterocycles. The monoisotopic (exact) mass is 437 g/mol. The molecular formula is C25H27NO6. The molecule has 1 fully saturated rings. The lowest BCUT2D eigenvalue weighted by Gasteiger charge is -2.25. The van der Waals surface area contributed by atoms with Gasteiger partial charge in [0.1, 0.15) is 23.9 Å². The second-order valence-electron chi connectivity index (χ2n) is 7.34. The van der Waals surface area contributed by atoms with Gasteiger partial charge in [0, 0.05) is 19.2 Å². The van der Waals surface area contributed by atoms with Crippen molar-refractivity contribution in [2.75, 3.05) is 34.0 Å². The van der Waals surface area contributed by atoms with E-state index in [1.165, 1.54) is 12.0 Å². The molecule has 1 amide bonds. The van der Waals surface area contributed by atoms with E-state index in [0.29, 0.717) is 34.8 Å². The number of hydrogen-bond donors (Lipinski definition) is 1. The van der Waals surface area contributed by atoms with Gasteiger partial charge in [0.25, 0.3) is 11.7 Å². The van der Waals surface area contributed by atoms with Crippen LogP contribution in [0.25, 0.3) is 5.76 Å². The van der Waals surface area contributed by atoms with Gasteiger partial charge in [0.2, 0.25) is 0 Å². The number of likely N-dealkylation sites (tertiary alicyclic amines) is 1. The minimum absolute atomic E-state index is 0.0280. The second kappa shape index (κ2) is 10.2. The largest absolute Gasteiger partial charge is 0.507 e. The van der Waals surface area contributed by atoms with Gasteiger partial charge in [0.15, 0.2) is 0 Å². The minimum atomic E-state index is -0.779. The summed E-state index contributed by atoms with van der Waals surface area (Å²) in [6.45, 7) is 6.21. The lowest BCUT2D eigenvalue weighted by molar-refractivity contribution is -0.140. The van der Waals surface area contributed by atoms with Gasteiger partial charge >= 0.3 is 0 Å². The van der Waals surface area contributed by atoms with Gasteiger partial charge < -0.3 is 24.2 Å². The molecule has 0 spiro atoms. The van der Waals surface area contributed by atoms with E-state index in [1.807, 2.05) is 0 Å². The van der Waals surface area contributed by atoms with E-state index in [2.05, 4.69) is 6.58 Å². The van der Waals surface area contributed by atoms with Crippen LogP contribution in [0, 0.1) is 6.92 Å². The maximum absolute atomic E-state index is 13.0. The third-order valence-electron chi connectivity index (χ3n) is 5.31. The van der Waals surface area contributed by atoms with Gasteiger partial charge in [-0.05, 0) is 48.4 Å². The van der Waals surface area contributed by atoms with Crippen molar-refractivity contribution in [3.63, 3.8) is 0 Å². The molecule has 3 rings (SSSR count).